The maximum absolute atomic E-state index is 12.7. The minimum atomic E-state index is -0.475. The van der Waals surface area contributed by atoms with Gasteiger partial charge in [-0.1, -0.05) is 68.9 Å². The van der Waals surface area contributed by atoms with Gasteiger partial charge in [0.2, 0.25) is 0 Å². The Balaban J connectivity index is 1.58. The zero-order valence-electron chi connectivity index (χ0n) is 17.3. The number of rotatable bonds is 11. The van der Waals surface area contributed by atoms with Crippen LogP contribution in [-0.2, 0) is 0 Å². The van der Waals surface area contributed by atoms with Crippen molar-refractivity contribution in [3.05, 3.63) is 53.6 Å². The number of benzene rings is 2. The maximum Gasteiger partial charge on any atom is 0.261 e. The van der Waals surface area contributed by atoms with Crippen LogP contribution in [0.15, 0.2) is 42.5 Å². The van der Waals surface area contributed by atoms with E-state index in [1.807, 2.05) is 24.3 Å². The number of ketones is 1. The number of nitrogens with one attached hydrogen (secondary N) is 1. The molecule has 6 heteroatoms. The molecule has 1 aromatic heterocycles. The molecule has 30 heavy (non-hydrogen) atoms. The summed E-state index contributed by atoms with van der Waals surface area (Å²) in [7, 11) is 0. The van der Waals surface area contributed by atoms with Crippen LogP contribution >= 0.6 is 11.3 Å². The fourth-order valence-electron chi connectivity index (χ4n) is 3.37. The summed E-state index contributed by atoms with van der Waals surface area (Å²) in [4.78, 5) is 29.6. The SMILES string of the molecule is CCCCCCCCCC(=O)c1ccc(O)c(C(=O)Nc2nc3ccccc3s2)c1. The zero-order valence-corrected chi connectivity index (χ0v) is 18.1. The Hall–Kier alpha value is -2.73. The third-order valence-corrected chi connectivity index (χ3v) is 6.04. The number of phenols is 1. The lowest BCUT2D eigenvalue weighted by Gasteiger charge is -2.07. The number of para-hydroxylation sites is 1. The Morgan fingerprint density at radius 1 is 1.00 bits per heavy atom. The zero-order chi connectivity index (χ0) is 21.3. The summed E-state index contributed by atoms with van der Waals surface area (Å²) in [5.41, 5.74) is 1.34. The summed E-state index contributed by atoms with van der Waals surface area (Å²) in [5.74, 6) is -0.629. The van der Waals surface area contributed by atoms with Gasteiger partial charge in [0.15, 0.2) is 10.9 Å². The Morgan fingerprint density at radius 2 is 1.73 bits per heavy atom. The molecule has 0 aliphatic rings. The number of hydrogen-bond acceptors (Lipinski definition) is 5. The van der Waals surface area contributed by atoms with Gasteiger partial charge in [-0.05, 0) is 36.8 Å². The first-order valence-corrected chi connectivity index (χ1v) is 11.4. The summed E-state index contributed by atoms with van der Waals surface area (Å²) >= 11 is 1.37. The molecule has 0 spiro atoms. The van der Waals surface area contributed by atoms with E-state index in [4.69, 9.17) is 0 Å². The molecule has 3 aromatic rings. The van der Waals surface area contributed by atoms with Gasteiger partial charge in [0.05, 0.1) is 15.8 Å². The highest BCUT2D eigenvalue weighted by Crippen LogP contribution is 2.27. The normalized spacial score (nSPS) is 11.0. The maximum atomic E-state index is 12.7. The molecule has 0 aliphatic carbocycles. The Kier molecular flexibility index (Phi) is 7.97. The summed E-state index contributed by atoms with van der Waals surface area (Å²) in [6.45, 7) is 2.20. The molecule has 0 saturated carbocycles. The van der Waals surface area contributed by atoms with Crippen LogP contribution in [0, 0.1) is 0 Å². The molecule has 0 saturated heterocycles. The molecular formula is C24H28N2O3S. The van der Waals surface area contributed by atoms with Crippen molar-refractivity contribution in [2.75, 3.05) is 5.32 Å². The van der Waals surface area contributed by atoms with Crippen molar-refractivity contribution >= 4 is 38.4 Å². The number of Topliss-reactive ketones (excluding diaryl/α,β-unsaturated/α-hetero) is 1. The van der Waals surface area contributed by atoms with Crippen LogP contribution in [0.2, 0.25) is 0 Å². The van der Waals surface area contributed by atoms with E-state index in [9.17, 15) is 14.7 Å². The number of carbonyl (C=O) groups excluding carboxylic acids is 2. The second-order valence-electron chi connectivity index (χ2n) is 7.47. The molecule has 2 aromatic carbocycles. The fraction of sp³-hybridized carbons (Fsp3) is 0.375. The first kappa shape index (κ1) is 22.0. The quantitative estimate of drug-likeness (QED) is 0.269. The van der Waals surface area contributed by atoms with Gasteiger partial charge in [-0.15, -0.1) is 0 Å². The Morgan fingerprint density at radius 3 is 2.50 bits per heavy atom. The van der Waals surface area contributed by atoms with Crippen molar-refractivity contribution in [1.29, 1.82) is 0 Å². The number of fused-ring (bicyclic) bond motifs is 1. The first-order chi connectivity index (χ1) is 14.6. The predicted molar refractivity (Wildman–Crippen MR) is 123 cm³/mol. The highest BCUT2D eigenvalue weighted by molar-refractivity contribution is 7.22. The van der Waals surface area contributed by atoms with Gasteiger partial charge in [0.25, 0.3) is 5.91 Å². The van der Waals surface area contributed by atoms with E-state index in [2.05, 4.69) is 17.2 Å². The summed E-state index contributed by atoms with van der Waals surface area (Å²) in [5, 5.41) is 13.3. The highest BCUT2D eigenvalue weighted by atomic mass is 32.1. The molecule has 0 radical (unpaired) electrons. The molecule has 1 heterocycles. The second-order valence-corrected chi connectivity index (χ2v) is 8.50. The third-order valence-electron chi connectivity index (χ3n) is 5.08. The monoisotopic (exact) mass is 424 g/mol. The lowest BCUT2D eigenvalue weighted by molar-refractivity contribution is 0.0979. The van der Waals surface area contributed by atoms with E-state index >= 15 is 0 Å². The van der Waals surface area contributed by atoms with Crippen molar-refractivity contribution in [2.45, 2.75) is 58.3 Å². The summed E-state index contributed by atoms with van der Waals surface area (Å²) < 4.78 is 0.968. The molecule has 0 bridgehead atoms. The topological polar surface area (TPSA) is 79.3 Å². The summed E-state index contributed by atoms with van der Waals surface area (Å²) in [6.07, 6.45) is 8.48. The van der Waals surface area contributed by atoms with Gasteiger partial charge in [0.1, 0.15) is 5.75 Å². The van der Waals surface area contributed by atoms with Crippen LogP contribution < -0.4 is 5.32 Å². The average molecular weight is 425 g/mol. The van der Waals surface area contributed by atoms with Crippen LogP contribution in [0.1, 0.15) is 79.0 Å². The van der Waals surface area contributed by atoms with Crippen LogP contribution in [0.4, 0.5) is 5.13 Å². The van der Waals surface area contributed by atoms with Crippen molar-refractivity contribution in [3.8, 4) is 5.75 Å². The molecule has 3 rings (SSSR count). The molecule has 1 amide bonds. The van der Waals surface area contributed by atoms with Crippen LogP contribution in [0.3, 0.4) is 0 Å². The number of amides is 1. The highest BCUT2D eigenvalue weighted by Gasteiger charge is 2.16. The molecular weight excluding hydrogens is 396 g/mol. The first-order valence-electron chi connectivity index (χ1n) is 10.6. The molecule has 158 valence electrons. The number of phenolic OH excluding ortho intramolecular Hbond substituents is 1. The number of thiazole rings is 1. The predicted octanol–water partition coefficient (Wildman–Crippen LogP) is 6.58. The minimum Gasteiger partial charge on any atom is -0.507 e. The number of unbranched alkanes of at least 4 members (excludes halogenated alkanes) is 6. The van der Waals surface area contributed by atoms with E-state index in [0.717, 1.165) is 29.5 Å². The van der Waals surface area contributed by atoms with Crippen LogP contribution in [-0.4, -0.2) is 21.8 Å². The van der Waals surface area contributed by atoms with Gasteiger partial charge < -0.3 is 5.11 Å². The molecule has 0 aliphatic heterocycles. The molecule has 0 unspecified atom stereocenters. The van der Waals surface area contributed by atoms with Crippen molar-refractivity contribution in [2.24, 2.45) is 0 Å². The number of aromatic hydroxyl groups is 1. The van der Waals surface area contributed by atoms with E-state index in [1.54, 1.807) is 6.07 Å². The van der Waals surface area contributed by atoms with Gasteiger partial charge in [0, 0.05) is 12.0 Å². The molecule has 0 atom stereocenters. The molecule has 2 N–H and O–H groups in total. The van der Waals surface area contributed by atoms with Crippen molar-refractivity contribution < 1.29 is 14.7 Å². The van der Waals surface area contributed by atoms with Gasteiger partial charge >= 0.3 is 0 Å². The lowest BCUT2D eigenvalue weighted by atomic mass is 10.0. The third kappa shape index (κ3) is 5.89. The Labute approximate surface area is 181 Å². The van der Waals surface area contributed by atoms with E-state index in [-0.39, 0.29) is 17.1 Å². The molecule has 5 nitrogen and oxygen atoms in total. The Bertz CT molecular complexity index is 980. The van der Waals surface area contributed by atoms with Crippen LogP contribution in [0.25, 0.3) is 10.2 Å². The minimum absolute atomic E-state index is 0.00223. The number of anilines is 1. The van der Waals surface area contributed by atoms with Gasteiger partial charge in [-0.3, -0.25) is 14.9 Å². The summed E-state index contributed by atoms with van der Waals surface area (Å²) in [6, 6.07) is 12.1. The van der Waals surface area contributed by atoms with Crippen molar-refractivity contribution in [1.82, 2.24) is 4.98 Å². The van der Waals surface area contributed by atoms with Gasteiger partial charge in [-0.2, -0.15) is 0 Å². The fourth-order valence-corrected chi connectivity index (χ4v) is 4.23. The van der Waals surface area contributed by atoms with E-state index < -0.39 is 5.91 Å². The van der Waals surface area contributed by atoms with Crippen molar-refractivity contribution in [3.63, 3.8) is 0 Å². The second kappa shape index (κ2) is 10.9. The van der Waals surface area contributed by atoms with E-state index in [0.29, 0.717) is 17.1 Å². The standard InChI is InChI=1S/C24H28N2O3S/c1-2-3-4-5-6-7-8-12-20(27)17-14-15-21(28)18(16-17)23(29)26-24-25-19-11-9-10-13-22(19)30-24/h9-11,13-16,28H,2-8,12H2,1H3,(H,25,26,29). The number of aromatic nitrogens is 1. The molecule has 0 fully saturated rings. The smallest absolute Gasteiger partial charge is 0.261 e. The number of nitrogens with zero attached hydrogens (tertiary/aromatic N) is 1. The van der Waals surface area contributed by atoms with E-state index in [1.165, 1.54) is 49.2 Å². The average Bonchev–Trinajstić information content (AvgIpc) is 3.15. The number of hydrogen-bond donors (Lipinski definition) is 2. The number of carbonyl (C=O) groups is 2. The van der Waals surface area contributed by atoms with Gasteiger partial charge in [-0.25, -0.2) is 4.98 Å². The largest absolute Gasteiger partial charge is 0.507 e. The van der Waals surface area contributed by atoms with Crippen LogP contribution in [0.5, 0.6) is 5.75 Å². The lowest BCUT2D eigenvalue weighted by Crippen LogP contribution is -2.13.